The maximum atomic E-state index is 3.45. The summed E-state index contributed by atoms with van der Waals surface area (Å²) in [6.45, 7) is 9.07. The van der Waals surface area contributed by atoms with Crippen molar-refractivity contribution in [3.05, 3.63) is 35.4 Å². The Morgan fingerprint density at radius 2 is 1.53 bits per heavy atom. The van der Waals surface area contributed by atoms with Crippen LogP contribution in [0.4, 0.5) is 0 Å². The van der Waals surface area contributed by atoms with Crippen molar-refractivity contribution < 1.29 is 0 Å². The molecule has 0 aliphatic carbocycles. The van der Waals surface area contributed by atoms with E-state index in [-0.39, 0.29) is 0 Å². The number of benzene rings is 1. The zero-order valence-corrected chi connectivity index (χ0v) is 12.0. The van der Waals surface area contributed by atoms with Crippen LogP contribution < -0.4 is 5.32 Å². The van der Waals surface area contributed by atoms with Crippen LogP contribution in [0.3, 0.4) is 0 Å². The third-order valence-corrected chi connectivity index (χ3v) is 3.59. The standard InChI is InChI=1S/C16H27N/c1-6-7-13(4)16(17-5)15-10-8-14(9-11-15)12(2)3/h8-13,16-17H,6-7H2,1-5H3. The van der Waals surface area contributed by atoms with E-state index in [2.05, 4.69) is 64.3 Å². The molecule has 1 aromatic rings. The normalized spacial score (nSPS) is 14.9. The molecule has 2 atom stereocenters. The van der Waals surface area contributed by atoms with E-state index in [0.29, 0.717) is 17.9 Å². The molecule has 0 bridgehead atoms. The van der Waals surface area contributed by atoms with Gasteiger partial charge in [0.05, 0.1) is 0 Å². The third kappa shape index (κ3) is 3.85. The molecule has 0 amide bonds. The number of rotatable bonds is 6. The minimum Gasteiger partial charge on any atom is -0.313 e. The molecule has 0 saturated carbocycles. The van der Waals surface area contributed by atoms with E-state index in [4.69, 9.17) is 0 Å². The minimum atomic E-state index is 0.483. The molecule has 0 heterocycles. The second-order valence-electron chi connectivity index (χ2n) is 5.35. The van der Waals surface area contributed by atoms with Crippen LogP contribution in [0.25, 0.3) is 0 Å². The highest BCUT2D eigenvalue weighted by Crippen LogP contribution is 2.26. The lowest BCUT2D eigenvalue weighted by molar-refractivity contribution is 0.384. The van der Waals surface area contributed by atoms with E-state index in [1.54, 1.807) is 0 Å². The van der Waals surface area contributed by atoms with Gasteiger partial charge in [-0.1, -0.05) is 58.4 Å². The monoisotopic (exact) mass is 233 g/mol. The summed E-state index contributed by atoms with van der Waals surface area (Å²) in [5.74, 6) is 1.31. The third-order valence-electron chi connectivity index (χ3n) is 3.59. The maximum absolute atomic E-state index is 3.45. The highest BCUT2D eigenvalue weighted by atomic mass is 14.9. The van der Waals surface area contributed by atoms with Crippen LogP contribution in [0, 0.1) is 5.92 Å². The fraction of sp³-hybridized carbons (Fsp3) is 0.625. The fourth-order valence-electron chi connectivity index (χ4n) is 2.49. The quantitative estimate of drug-likeness (QED) is 0.762. The van der Waals surface area contributed by atoms with E-state index >= 15 is 0 Å². The average molecular weight is 233 g/mol. The summed E-state index contributed by atoms with van der Waals surface area (Å²) in [7, 11) is 2.06. The van der Waals surface area contributed by atoms with Gasteiger partial charge < -0.3 is 5.32 Å². The molecule has 1 rings (SSSR count). The van der Waals surface area contributed by atoms with Crippen molar-refractivity contribution in [2.75, 3.05) is 7.05 Å². The molecule has 1 nitrogen and oxygen atoms in total. The van der Waals surface area contributed by atoms with Crippen LogP contribution in [0.1, 0.15) is 63.6 Å². The van der Waals surface area contributed by atoms with Crippen molar-refractivity contribution in [1.82, 2.24) is 5.32 Å². The summed E-state index contributed by atoms with van der Waals surface area (Å²) >= 11 is 0. The Morgan fingerprint density at radius 1 is 1.00 bits per heavy atom. The summed E-state index contributed by atoms with van der Waals surface area (Å²) in [6.07, 6.45) is 2.53. The predicted molar refractivity (Wildman–Crippen MR) is 76.4 cm³/mol. The van der Waals surface area contributed by atoms with E-state index in [0.717, 1.165) is 0 Å². The van der Waals surface area contributed by atoms with Gasteiger partial charge in [0.1, 0.15) is 0 Å². The first-order valence-corrected chi connectivity index (χ1v) is 6.87. The first kappa shape index (κ1) is 14.2. The van der Waals surface area contributed by atoms with Crippen molar-refractivity contribution in [2.45, 2.75) is 52.5 Å². The van der Waals surface area contributed by atoms with Gasteiger partial charge in [-0.15, -0.1) is 0 Å². The lowest BCUT2D eigenvalue weighted by Gasteiger charge is -2.24. The van der Waals surface area contributed by atoms with Gasteiger partial charge in [-0.2, -0.15) is 0 Å². The minimum absolute atomic E-state index is 0.483. The second-order valence-corrected chi connectivity index (χ2v) is 5.35. The van der Waals surface area contributed by atoms with Crippen molar-refractivity contribution in [3.8, 4) is 0 Å². The Kier molecular flexibility index (Phi) is 5.70. The number of hydrogen-bond donors (Lipinski definition) is 1. The van der Waals surface area contributed by atoms with Crippen LogP contribution in [-0.2, 0) is 0 Å². The molecule has 0 aliphatic heterocycles. The molecule has 0 aliphatic rings. The van der Waals surface area contributed by atoms with Gasteiger partial charge in [-0.3, -0.25) is 0 Å². The fourth-order valence-corrected chi connectivity index (χ4v) is 2.49. The highest BCUT2D eigenvalue weighted by Gasteiger charge is 2.16. The lowest BCUT2D eigenvalue weighted by atomic mass is 9.90. The summed E-state index contributed by atoms with van der Waals surface area (Å²) in [5, 5.41) is 3.45. The van der Waals surface area contributed by atoms with E-state index in [1.807, 2.05) is 0 Å². The molecule has 0 saturated heterocycles. The van der Waals surface area contributed by atoms with Gasteiger partial charge in [-0.05, 0) is 36.4 Å². The molecule has 1 heteroatoms. The molecular weight excluding hydrogens is 206 g/mol. The van der Waals surface area contributed by atoms with E-state index < -0.39 is 0 Å². The van der Waals surface area contributed by atoms with Crippen LogP contribution in [0.15, 0.2) is 24.3 Å². The van der Waals surface area contributed by atoms with Gasteiger partial charge in [0, 0.05) is 6.04 Å². The largest absolute Gasteiger partial charge is 0.313 e. The van der Waals surface area contributed by atoms with Gasteiger partial charge in [-0.25, -0.2) is 0 Å². The zero-order valence-electron chi connectivity index (χ0n) is 12.0. The lowest BCUT2D eigenvalue weighted by Crippen LogP contribution is -2.23. The Balaban J connectivity index is 2.82. The summed E-state index contributed by atoms with van der Waals surface area (Å²) in [4.78, 5) is 0. The van der Waals surface area contributed by atoms with Crippen molar-refractivity contribution in [1.29, 1.82) is 0 Å². The molecule has 1 N–H and O–H groups in total. The van der Waals surface area contributed by atoms with Gasteiger partial charge in [0.25, 0.3) is 0 Å². The first-order chi connectivity index (χ1) is 8.10. The molecule has 17 heavy (non-hydrogen) atoms. The van der Waals surface area contributed by atoms with E-state index in [9.17, 15) is 0 Å². The number of hydrogen-bond acceptors (Lipinski definition) is 1. The van der Waals surface area contributed by atoms with Crippen molar-refractivity contribution >= 4 is 0 Å². The second kappa shape index (κ2) is 6.80. The SMILES string of the molecule is CCCC(C)C(NC)c1ccc(C(C)C)cc1. The van der Waals surface area contributed by atoms with Gasteiger partial charge in [0.15, 0.2) is 0 Å². The van der Waals surface area contributed by atoms with Crippen molar-refractivity contribution in [3.63, 3.8) is 0 Å². The van der Waals surface area contributed by atoms with E-state index in [1.165, 1.54) is 24.0 Å². The Bertz CT molecular complexity index is 313. The Morgan fingerprint density at radius 3 is 1.94 bits per heavy atom. The average Bonchev–Trinajstić information content (AvgIpc) is 2.31. The molecule has 0 radical (unpaired) electrons. The zero-order chi connectivity index (χ0) is 12.8. The molecule has 0 aromatic heterocycles. The van der Waals surface area contributed by atoms with Gasteiger partial charge >= 0.3 is 0 Å². The molecule has 0 spiro atoms. The molecule has 0 fully saturated rings. The van der Waals surface area contributed by atoms with Crippen LogP contribution in [0.2, 0.25) is 0 Å². The predicted octanol–water partition coefficient (Wildman–Crippen LogP) is 4.51. The summed E-state index contributed by atoms with van der Waals surface area (Å²) in [6, 6.07) is 9.58. The van der Waals surface area contributed by atoms with Crippen LogP contribution >= 0.6 is 0 Å². The Hall–Kier alpha value is -0.820. The van der Waals surface area contributed by atoms with Crippen LogP contribution in [0.5, 0.6) is 0 Å². The van der Waals surface area contributed by atoms with Crippen molar-refractivity contribution in [2.24, 2.45) is 5.92 Å². The molecular formula is C16H27N. The molecule has 1 aromatic carbocycles. The number of nitrogens with one attached hydrogen (secondary N) is 1. The van der Waals surface area contributed by atoms with Gasteiger partial charge in [0.2, 0.25) is 0 Å². The smallest absolute Gasteiger partial charge is 0.0343 e. The maximum Gasteiger partial charge on any atom is 0.0343 e. The molecule has 96 valence electrons. The topological polar surface area (TPSA) is 12.0 Å². The summed E-state index contributed by atoms with van der Waals surface area (Å²) in [5.41, 5.74) is 2.84. The highest BCUT2D eigenvalue weighted by molar-refractivity contribution is 5.27. The molecule has 2 unspecified atom stereocenters. The first-order valence-electron chi connectivity index (χ1n) is 6.87. The van der Waals surface area contributed by atoms with Crippen LogP contribution in [-0.4, -0.2) is 7.05 Å². The Labute approximate surface area is 107 Å². The summed E-state index contributed by atoms with van der Waals surface area (Å²) < 4.78 is 0.